The molecule has 120 valence electrons. The fourth-order valence-corrected chi connectivity index (χ4v) is 2.96. The van der Waals surface area contributed by atoms with E-state index in [4.69, 9.17) is 0 Å². The first-order valence-corrected chi connectivity index (χ1v) is 7.48. The van der Waals surface area contributed by atoms with Crippen LogP contribution in [0.25, 0.3) is 0 Å². The fraction of sp³-hybridized carbons (Fsp3) is 0.562. The third-order valence-electron chi connectivity index (χ3n) is 4.56. The summed E-state index contributed by atoms with van der Waals surface area (Å²) in [6.45, 7) is 0.782. The van der Waals surface area contributed by atoms with E-state index >= 15 is 0 Å². The number of hydrogen-bond donors (Lipinski definition) is 1. The summed E-state index contributed by atoms with van der Waals surface area (Å²) in [7, 11) is 0. The largest absolute Gasteiger partial charge is 0.416 e. The van der Waals surface area contributed by atoms with Crippen molar-refractivity contribution in [3.05, 3.63) is 35.4 Å². The van der Waals surface area contributed by atoms with Gasteiger partial charge in [0, 0.05) is 19.0 Å². The Kier molecular flexibility index (Phi) is 3.67. The van der Waals surface area contributed by atoms with Crippen LogP contribution < -0.4 is 0 Å². The van der Waals surface area contributed by atoms with Gasteiger partial charge in [0.15, 0.2) is 0 Å². The van der Waals surface area contributed by atoms with Crippen molar-refractivity contribution in [2.24, 2.45) is 5.92 Å². The molecule has 0 atom stereocenters. The van der Waals surface area contributed by atoms with Crippen LogP contribution in [0, 0.1) is 5.92 Å². The van der Waals surface area contributed by atoms with Crippen LogP contribution in [0.1, 0.15) is 36.8 Å². The highest BCUT2D eigenvalue weighted by molar-refractivity contribution is 5.81. The molecule has 0 radical (unpaired) electrons. The zero-order valence-corrected chi connectivity index (χ0v) is 12.1. The lowest BCUT2D eigenvalue weighted by atomic mass is 9.83. The van der Waals surface area contributed by atoms with E-state index in [1.165, 1.54) is 12.1 Å². The van der Waals surface area contributed by atoms with Gasteiger partial charge in [0.05, 0.1) is 11.2 Å². The van der Waals surface area contributed by atoms with Gasteiger partial charge in [0.1, 0.15) is 0 Å². The normalized spacial score (nSPS) is 21.7. The van der Waals surface area contributed by atoms with Gasteiger partial charge in [-0.1, -0.05) is 12.1 Å². The number of amides is 1. The second-order valence-corrected chi connectivity index (χ2v) is 6.21. The van der Waals surface area contributed by atoms with Gasteiger partial charge in [0.25, 0.3) is 0 Å². The third-order valence-corrected chi connectivity index (χ3v) is 4.56. The molecule has 1 heterocycles. The molecule has 1 amide bonds. The van der Waals surface area contributed by atoms with Crippen molar-refractivity contribution in [3.63, 3.8) is 0 Å². The number of hydrogen-bond acceptors (Lipinski definition) is 2. The minimum absolute atomic E-state index is 0.117. The van der Waals surface area contributed by atoms with E-state index in [0.29, 0.717) is 13.1 Å². The van der Waals surface area contributed by atoms with Gasteiger partial charge < -0.3 is 10.0 Å². The van der Waals surface area contributed by atoms with Gasteiger partial charge in [-0.15, -0.1) is 0 Å². The van der Waals surface area contributed by atoms with Gasteiger partial charge in [-0.3, -0.25) is 4.79 Å². The van der Waals surface area contributed by atoms with Crippen molar-refractivity contribution < 1.29 is 23.1 Å². The Balaban J connectivity index is 1.73. The van der Waals surface area contributed by atoms with Gasteiger partial charge >= 0.3 is 6.18 Å². The maximum absolute atomic E-state index is 12.8. The Morgan fingerprint density at radius 2 is 1.86 bits per heavy atom. The average Bonchev–Trinajstić information content (AvgIpc) is 3.31. The van der Waals surface area contributed by atoms with Crippen LogP contribution in [-0.2, 0) is 16.6 Å². The molecule has 22 heavy (non-hydrogen) atoms. The first-order valence-electron chi connectivity index (χ1n) is 7.48. The summed E-state index contributed by atoms with van der Waals surface area (Å²) in [6.07, 6.45) is -2.03. The van der Waals surface area contributed by atoms with Crippen molar-refractivity contribution in [3.8, 4) is 0 Å². The van der Waals surface area contributed by atoms with Crippen molar-refractivity contribution in [1.29, 1.82) is 0 Å². The molecule has 0 spiro atoms. The lowest BCUT2D eigenvalue weighted by Gasteiger charge is -2.38. The molecule has 6 heteroatoms. The average molecular weight is 313 g/mol. The number of alkyl halides is 3. The molecule has 1 saturated carbocycles. The van der Waals surface area contributed by atoms with Crippen LogP contribution in [0.4, 0.5) is 13.2 Å². The zero-order valence-electron chi connectivity index (χ0n) is 12.1. The number of aliphatic hydroxyl groups is 1. The molecule has 1 aromatic carbocycles. The molecule has 3 nitrogen and oxygen atoms in total. The minimum Gasteiger partial charge on any atom is -0.385 e. The second kappa shape index (κ2) is 5.26. The van der Waals surface area contributed by atoms with Crippen LogP contribution in [0.3, 0.4) is 0 Å². The Hall–Kier alpha value is -1.56. The van der Waals surface area contributed by atoms with Crippen molar-refractivity contribution >= 4 is 5.91 Å². The van der Waals surface area contributed by atoms with Crippen molar-refractivity contribution in [1.82, 2.24) is 4.90 Å². The fourth-order valence-electron chi connectivity index (χ4n) is 2.96. The van der Waals surface area contributed by atoms with Gasteiger partial charge in [-0.2, -0.15) is 13.2 Å². The monoisotopic (exact) mass is 313 g/mol. The van der Waals surface area contributed by atoms with Crippen molar-refractivity contribution in [2.45, 2.75) is 37.5 Å². The summed E-state index contributed by atoms with van der Waals surface area (Å²) in [6, 6.07) is 4.85. The summed E-state index contributed by atoms with van der Waals surface area (Å²) in [5, 5.41) is 10.7. The quantitative estimate of drug-likeness (QED) is 0.912. The van der Waals surface area contributed by atoms with Gasteiger partial charge in [-0.05, 0) is 43.4 Å². The van der Waals surface area contributed by atoms with E-state index in [1.54, 1.807) is 4.90 Å². The molecule has 1 N–H and O–H groups in total. The van der Waals surface area contributed by atoms with Gasteiger partial charge in [-0.25, -0.2) is 0 Å². The van der Waals surface area contributed by atoms with Crippen LogP contribution in [0.2, 0.25) is 0 Å². The van der Waals surface area contributed by atoms with E-state index in [-0.39, 0.29) is 30.2 Å². The molecule has 0 unspecified atom stereocenters. The number of piperidine rings is 1. The molecule has 2 fully saturated rings. The maximum atomic E-state index is 12.8. The van der Waals surface area contributed by atoms with E-state index in [0.717, 1.165) is 25.0 Å². The highest BCUT2D eigenvalue weighted by Crippen LogP contribution is 2.38. The molecule has 0 aromatic heterocycles. The smallest absolute Gasteiger partial charge is 0.385 e. The molecule has 0 bridgehead atoms. The number of rotatable bonds is 2. The number of benzene rings is 1. The topological polar surface area (TPSA) is 40.5 Å². The summed E-state index contributed by atoms with van der Waals surface area (Å²) >= 11 is 0. The maximum Gasteiger partial charge on any atom is 0.416 e. The predicted octanol–water partition coefficient (Wildman–Crippen LogP) is 2.93. The summed E-state index contributed by atoms with van der Waals surface area (Å²) < 4.78 is 38.4. The first kappa shape index (κ1) is 15.3. The van der Waals surface area contributed by atoms with Crippen molar-refractivity contribution in [2.75, 3.05) is 13.1 Å². The summed E-state index contributed by atoms with van der Waals surface area (Å²) in [4.78, 5) is 13.7. The number of carbonyl (C=O) groups excluding carboxylic acids is 1. The predicted molar refractivity (Wildman–Crippen MR) is 73.9 cm³/mol. The Morgan fingerprint density at radius 1 is 1.23 bits per heavy atom. The van der Waals surface area contributed by atoms with Gasteiger partial charge in [0.2, 0.25) is 5.91 Å². The Morgan fingerprint density at radius 3 is 2.41 bits per heavy atom. The number of nitrogens with zero attached hydrogens (tertiary/aromatic N) is 1. The third kappa shape index (κ3) is 2.97. The van der Waals surface area contributed by atoms with E-state index < -0.39 is 17.3 Å². The molecule has 2 aliphatic rings. The molecule has 1 aliphatic carbocycles. The molecule has 1 aromatic rings. The van der Waals surface area contributed by atoms with E-state index in [2.05, 4.69) is 0 Å². The van der Waals surface area contributed by atoms with Crippen LogP contribution in [-0.4, -0.2) is 29.0 Å². The highest BCUT2D eigenvalue weighted by atomic mass is 19.4. The first-order chi connectivity index (χ1) is 10.3. The molecule has 3 rings (SSSR count). The SMILES string of the molecule is O=C(C1CC1)N1CCC(O)(c2cccc(C(F)(F)F)c2)CC1. The number of halogens is 3. The van der Waals surface area contributed by atoms with E-state index in [9.17, 15) is 23.1 Å². The molecule has 1 saturated heterocycles. The lowest BCUT2D eigenvalue weighted by molar-refractivity contribution is -0.137. The standard InChI is InChI=1S/C16H18F3NO2/c17-16(18,19)13-3-1-2-12(10-13)15(22)6-8-20(9-7-15)14(21)11-4-5-11/h1-3,10-11,22H,4-9H2. The van der Waals surface area contributed by atoms with Crippen LogP contribution in [0.15, 0.2) is 24.3 Å². The molecular weight excluding hydrogens is 295 g/mol. The van der Waals surface area contributed by atoms with Crippen LogP contribution >= 0.6 is 0 Å². The second-order valence-electron chi connectivity index (χ2n) is 6.21. The molecular formula is C16H18F3NO2. The zero-order chi connectivity index (χ0) is 16.0. The Bertz CT molecular complexity index is 573. The number of carbonyl (C=O) groups is 1. The minimum atomic E-state index is -4.42. The summed E-state index contributed by atoms with van der Waals surface area (Å²) in [5.41, 5.74) is -1.77. The van der Waals surface area contributed by atoms with Crippen LogP contribution in [0.5, 0.6) is 0 Å². The lowest BCUT2D eigenvalue weighted by Crippen LogP contribution is -2.45. The Labute approximate surface area is 126 Å². The number of likely N-dealkylation sites (tertiary alicyclic amines) is 1. The molecule has 1 aliphatic heterocycles. The highest BCUT2D eigenvalue weighted by Gasteiger charge is 2.40. The summed E-state index contributed by atoms with van der Waals surface area (Å²) in [5.74, 6) is 0.242. The van der Waals surface area contributed by atoms with E-state index in [1.807, 2.05) is 0 Å².